The molecule has 3 nitrogen and oxygen atoms in total. The Kier molecular flexibility index (Phi) is 2.06. The van der Waals surface area contributed by atoms with Crippen molar-refractivity contribution in [3.63, 3.8) is 0 Å². The van der Waals surface area contributed by atoms with Crippen LogP contribution in [0.4, 0.5) is 0 Å². The zero-order chi connectivity index (χ0) is 9.42. The van der Waals surface area contributed by atoms with Crippen molar-refractivity contribution in [3.8, 4) is 11.5 Å². The number of hydrogen-bond donors (Lipinski definition) is 1. The average Bonchev–Trinajstić information content (AvgIpc) is 2.50. The Morgan fingerprint density at radius 3 is 3.08 bits per heavy atom. The molecule has 0 fully saturated rings. The molecule has 0 saturated carbocycles. The number of halogens is 1. The zero-order valence-corrected chi connectivity index (χ0v) is 7.97. The summed E-state index contributed by atoms with van der Waals surface area (Å²) in [6.45, 7) is 0.468. The molecule has 70 valence electrons. The van der Waals surface area contributed by atoms with Crippen molar-refractivity contribution in [3.05, 3.63) is 22.7 Å². The SMILES string of the molecule is COc1ccc(Cl)c2c1OC[C@@H]2N. The van der Waals surface area contributed by atoms with Gasteiger partial charge in [0, 0.05) is 10.6 Å². The maximum atomic E-state index is 5.98. The van der Waals surface area contributed by atoms with E-state index < -0.39 is 0 Å². The lowest BCUT2D eigenvalue weighted by Gasteiger charge is -2.07. The van der Waals surface area contributed by atoms with Crippen molar-refractivity contribution in [2.45, 2.75) is 6.04 Å². The van der Waals surface area contributed by atoms with E-state index in [-0.39, 0.29) is 6.04 Å². The van der Waals surface area contributed by atoms with E-state index in [1.54, 1.807) is 19.2 Å². The largest absolute Gasteiger partial charge is 0.493 e. The van der Waals surface area contributed by atoms with E-state index in [0.29, 0.717) is 23.1 Å². The maximum Gasteiger partial charge on any atom is 0.167 e. The zero-order valence-electron chi connectivity index (χ0n) is 7.21. The van der Waals surface area contributed by atoms with Gasteiger partial charge in [0.15, 0.2) is 11.5 Å². The predicted octanol–water partition coefficient (Wildman–Crippen LogP) is 1.74. The van der Waals surface area contributed by atoms with Crippen LogP contribution >= 0.6 is 11.6 Å². The Labute approximate surface area is 81.4 Å². The molecule has 1 atom stereocenters. The van der Waals surface area contributed by atoms with Gasteiger partial charge in [-0.05, 0) is 12.1 Å². The van der Waals surface area contributed by atoms with E-state index in [2.05, 4.69) is 0 Å². The molecule has 0 spiro atoms. The van der Waals surface area contributed by atoms with Gasteiger partial charge in [-0.2, -0.15) is 0 Å². The Hall–Kier alpha value is -0.930. The third kappa shape index (κ3) is 1.24. The van der Waals surface area contributed by atoms with E-state index >= 15 is 0 Å². The lowest BCUT2D eigenvalue weighted by Crippen LogP contribution is -2.11. The first-order valence-electron chi connectivity index (χ1n) is 3.99. The molecule has 2 N–H and O–H groups in total. The van der Waals surface area contributed by atoms with Gasteiger partial charge in [-0.15, -0.1) is 0 Å². The summed E-state index contributed by atoms with van der Waals surface area (Å²) in [7, 11) is 1.59. The molecule has 1 aliphatic heterocycles. The van der Waals surface area contributed by atoms with Crippen molar-refractivity contribution in [2.24, 2.45) is 5.73 Å². The van der Waals surface area contributed by atoms with Crippen LogP contribution in [0.3, 0.4) is 0 Å². The second kappa shape index (κ2) is 3.09. The molecule has 0 aliphatic carbocycles. The average molecular weight is 200 g/mol. The standard InChI is InChI=1S/C9H10ClNO2/c1-12-7-3-2-5(10)8-6(11)4-13-9(7)8/h2-3,6H,4,11H2,1H3/t6-/m0/s1. The number of fused-ring (bicyclic) bond motifs is 1. The molecule has 0 amide bonds. The van der Waals surface area contributed by atoms with Gasteiger partial charge in [-0.1, -0.05) is 11.6 Å². The highest BCUT2D eigenvalue weighted by molar-refractivity contribution is 6.31. The molecule has 2 rings (SSSR count). The van der Waals surface area contributed by atoms with E-state index in [9.17, 15) is 0 Å². The van der Waals surface area contributed by atoms with Crippen molar-refractivity contribution in [1.82, 2.24) is 0 Å². The smallest absolute Gasteiger partial charge is 0.167 e. The van der Waals surface area contributed by atoms with Gasteiger partial charge in [0.25, 0.3) is 0 Å². The number of benzene rings is 1. The lowest BCUT2D eigenvalue weighted by atomic mass is 10.1. The Morgan fingerprint density at radius 1 is 1.62 bits per heavy atom. The monoisotopic (exact) mass is 199 g/mol. The summed E-state index contributed by atoms with van der Waals surface area (Å²) in [5.41, 5.74) is 6.65. The van der Waals surface area contributed by atoms with Gasteiger partial charge in [0.2, 0.25) is 0 Å². The Bertz CT molecular complexity index is 341. The Morgan fingerprint density at radius 2 is 2.38 bits per heavy atom. The summed E-state index contributed by atoms with van der Waals surface area (Å²) in [6, 6.07) is 3.41. The summed E-state index contributed by atoms with van der Waals surface area (Å²) in [6.07, 6.45) is 0. The fourth-order valence-electron chi connectivity index (χ4n) is 1.47. The van der Waals surface area contributed by atoms with E-state index in [4.69, 9.17) is 26.8 Å². The van der Waals surface area contributed by atoms with E-state index in [0.717, 1.165) is 5.56 Å². The van der Waals surface area contributed by atoms with Crippen LogP contribution in [0.5, 0.6) is 11.5 Å². The molecule has 0 saturated heterocycles. The summed E-state index contributed by atoms with van der Waals surface area (Å²) in [4.78, 5) is 0. The van der Waals surface area contributed by atoms with E-state index in [1.165, 1.54) is 0 Å². The third-order valence-corrected chi connectivity index (χ3v) is 2.43. The summed E-state index contributed by atoms with van der Waals surface area (Å²) in [5, 5.41) is 0.640. The first-order valence-corrected chi connectivity index (χ1v) is 4.36. The Balaban J connectivity index is 2.59. The molecule has 0 aromatic heterocycles. The normalized spacial score (nSPS) is 19.5. The minimum Gasteiger partial charge on any atom is -0.493 e. The van der Waals surface area contributed by atoms with Gasteiger partial charge in [0.1, 0.15) is 6.61 Å². The fraction of sp³-hybridized carbons (Fsp3) is 0.333. The number of methoxy groups -OCH3 is 1. The molecule has 0 radical (unpaired) electrons. The molecule has 1 aromatic rings. The molecule has 4 heteroatoms. The number of hydrogen-bond acceptors (Lipinski definition) is 3. The minimum absolute atomic E-state index is 0.141. The number of ether oxygens (including phenoxy) is 2. The summed E-state index contributed by atoms with van der Waals surface area (Å²) in [5.74, 6) is 1.37. The maximum absolute atomic E-state index is 5.98. The van der Waals surface area contributed by atoms with Crippen LogP contribution in [0, 0.1) is 0 Å². The molecule has 1 aliphatic rings. The number of rotatable bonds is 1. The van der Waals surface area contributed by atoms with Crippen LogP contribution in [-0.2, 0) is 0 Å². The highest BCUT2D eigenvalue weighted by atomic mass is 35.5. The number of nitrogens with two attached hydrogens (primary N) is 1. The predicted molar refractivity (Wildman–Crippen MR) is 50.4 cm³/mol. The van der Waals surface area contributed by atoms with Gasteiger partial charge in [-0.25, -0.2) is 0 Å². The van der Waals surface area contributed by atoms with Gasteiger partial charge in [0.05, 0.1) is 13.2 Å². The fourth-order valence-corrected chi connectivity index (χ4v) is 1.76. The van der Waals surface area contributed by atoms with Crippen LogP contribution in [0.2, 0.25) is 5.02 Å². The van der Waals surface area contributed by atoms with Crippen molar-refractivity contribution in [1.29, 1.82) is 0 Å². The molecule has 1 heterocycles. The van der Waals surface area contributed by atoms with E-state index in [1.807, 2.05) is 0 Å². The lowest BCUT2D eigenvalue weighted by molar-refractivity contribution is 0.311. The highest BCUT2D eigenvalue weighted by Crippen LogP contribution is 2.43. The molecule has 13 heavy (non-hydrogen) atoms. The minimum atomic E-state index is -0.141. The van der Waals surface area contributed by atoms with Crippen LogP contribution < -0.4 is 15.2 Å². The molecule has 1 aromatic carbocycles. The van der Waals surface area contributed by atoms with Gasteiger partial charge >= 0.3 is 0 Å². The van der Waals surface area contributed by atoms with Crippen LogP contribution in [0.25, 0.3) is 0 Å². The van der Waals surface area contributed by atoms with Crippen LogP contribution in [-0.4, -0.2) is 13.7 Å². The first-order chi connectivity index (χ1) is 6.24. The quantitative estimate of drug-likeness (QED) is 0.750. The highest BCUT2D eigenvalue weighted by Gasteiger charge is 2.26. The van der Waals surface area contributed by atoms with Gasteiger partial charge < -0.3 is 15.2 Å². The van der Waals surface area contributed by atoms with Crippen molar-refractivity contribution >= 4 is 11.6 Å². The molecular formula is C9H10ClNO2. The molecular weight excluding hydrogens is 190 g/mol. The topological polar surface area (TPSA) is 44.5 Å². The second-order valence-electron chi connectivity index (χ2n) is 2.91. The second-order valence-corrected chi connectivity index (χ2v) is 3.32. The van der Waals surface area contributed by atoms with Crippen molar-refractivity contribution in [2.75, 3.05) is 13.7 Å². The summed E-state index contributed by atoms with van der Waals surface area (Å²) >= 11 is 5.98. The first kappa shape index (κ1) is 8.66. The van der Waals surface area contributed by atoms with Crippen LogP contribution in [0.1, 0.15) is 11.6 Å². The van der Waals surface area contributed by atoms with Gasteiger partial charge in [-0.3, -0.25) is 0 Å². The third-order valence-electron chi connectivity index (χ3n) is 2.10. The van der Waals surface area contributed by atoms with Crippen molar-refractivity contribution < 1.29 is 9.47 Å². The summed E-state index contributed by atoms with van der Waals surface area (Å²) < 4.78 is 10.5. The van der Waals surface area contributed by atoms with Crippen LogP contribution in [0.15, 0.2) is 12.1 Å². The molecule has 0 bridgehead atoms. The molecule has 0 unspecified atom stereocenters.